The predicted octanol–water partition coefficient (Wildman–Crippen LogP) is 2.25. The van der Waals surface area contributed by atoms with Crippen LogP contribution in [0, 0.1) is 3.70 Å². The van der Waals surface area contributed by atoms with Crippen molar-refractivity contribution in [3.8, 4) is 0 Å². The average Bonchev–Trinajstić information content (AvgIpc) is 2.47. The Kier molecular flexibility index (Phi) is 3.91. The van der Waals surface area contributed by atoms with E-state index in [1.165, 1.54) is 0 Å². The molecule has 0 fully saturated rings. The standard InChI is InChI=1S/C9H13IN2O2/c1-4-14-9(13)7-5-11-12(6(2)3)8(7)10/h5-6H,4H2,1-3H3. The van der Waals surface area contributed by atoms with Crippen molar-refractivity contribution >= 4 is 28.6 Å². The van der Waals surface area contributed by atoms with E-state index in [1.807, 2.05) is 13.8 Å². The number of ether oxygens (including phenoxy) is 1. The Morgan fingerprint density at radius 2 is 2.36 bits per heavy atom. The van der Waals surface area contributed by atoms with E-state index >= 15 is 0 Å². The van der Waals surface area contributed by atoms with Crippen LogP contribution in [0.1, 0.15) is 37.2 Å². The maximum Gasteiger partial charge on any atom is 0.342 e. The van der Waals surface area contributed by atoms with Gasteiger partial charge in [-0.3, -0.25) is 4.68 Å². The Morgan fingerprint density at radius 3 is 2.79 bits per heavy atom. The van der Waals surface area contributed by atoms with Crippen LogP contribution in [0.15, 0.2) is 6.20 Å². The molecule has 1 aromatic heterocycles. The van der Waals surface area contributed by atoms with Crippen LogP contribution in [0.25, 0.3) is 0 Å². The molecule has 0 radical (unpaired) electrons. The van der Waals surface area contributed by atoms with Crippen LogP contribution in [-0.4, -0.2) is 22.4 Å². The van der Waals surface area contributed by atoms with E-state index in [1.54, 1.807) is 17.8 Å². The highest BCUT2D eigenvalue weighted by Gasteiger charge is 2.17. The van der Waals surface area contributed by atoms with Gasteiger partial charge < -0.3 is 4.74 Å². The topological polar surface area (TPSA) is 44.1 Å². The number of hydrogen-bond donors (Lipinski definition) is 0. The Hall–Kier alpha value is -0.590. The predicted molar refractivity (Wildman–Crippen MR) is 61.3 cm³/mol. The highest BCUT2D eigenvalue weighted by Crippen LogP contribution is 2.16. The highest BCUT2D eigenvalue weighted by atomic mass is 127. The minimum Gasteiger partial charge on any atom is -0.462 e. The van der Waals surface area contributed by atoms with Crippen molar-refractivity contribution in [2.24, 2.45) is 0 Å². The van der Waals surface area contributed by atoms with Crippen LogP contribution < -0.4 is 0 Å². The third kappa shape index (κ3) is 2.26. The monoisotopic (exact) mass is 308 g/mol. The van der Waals surface area contributed by atoms with Crippen LogP contribution in [0.4, 0.5) is 0 Å². The summed E-state index contributed by atoms with van der Waals surface area (Å²) < 4.78 is 7.53. The molecule has 14 heavy (non-hydrogen) atoms. The summed E-state index contributed by atoms with van der Waals surface area (Å²) in [5, 5.41) is 4.13. The van der Waals surface area contributed by atoms with Crippen LogP contribution in [0.5, 0.6) is 0 Å². The van der Waals surface area contributed by atoms with Gasteiger partial charge in [-0.1, -0.05) is 0 Å². The molecule has 78 valence electrons. The minimum atomic E-state index is -0.302. The summed E-state index contributed by atoms with van der Waals surface area (Å²) in [6.07, 6.45) is 1.56. The summed E-state index contributed by atoms with van der Waals surface area (Å²) in [6, 6.07) is 0.255. The SMILES string of the molecule is CCOC(=O)c1cnn(C(C)C)c1I. The molecule has 0 bridgehead atoms. The quantitative estimate of drug-likeness (QED) is 0.635. The molecule has 0 unspecified atom stereocenters. The molecule has 1 heterocycles. The molecule has 0 saturated heterocycles. The van der Waals surface area contributed by atoms with Gasteiger partial charge in [0.15, 0.2) is 0 Å². The second-order valence-electron chi connectivity index (χ2n) is 3.11. The van der Waals surface area contributed by atoms with E-state index in [4.69, 9.17) is 4.74 Å². The van der Waals surface area contributed by atoms with Gasteiger partial charge >= 0.3 is 5.97 Å². The van der Waals surface area contributed by atoms with Gasteiger partial charge in [-0.2, -0.15) is 5.10 Å². The number of halogens is 1. The lowest BCUT2D eigenvalue weighted by Gasteiger charge is -2.06. The molecule has 0 aliphatic rings. The summed E-state index contributed by atoms with van der Waals surface area (Å²) in [4.78, 5) is 11.4. The summed E-state index contributed by atoms with van der Waals surface area (Å²) >= 11 is 2.11. The third-order valence-corrected chi connectivity index (χ3v) is 2.79. The van der Waals surface area contributed by atoms with Gasteiger partial charge in [0.2, 0.25) is 0 Å². The maximum atomic E-state index is 11.4. The smallest absolute Gasteiger partial charge is 0.342 e. The number of carbonyl (C=O) groups excluding carboxylic acids is 1. The van der Waals surface area contributed by atoms with Gasteiger partial charge in [0.1, 0.15) is 9.26 Å². The molecule has 0 aliphatic carbocycles. The molecule has 0 saturated carbocycles. The Labute approximate surface area is 96.8 Å². The fraction of sp³-hybridized carbons (Fsp3) is 0.556. The Balaban J connectivity index is 2.95. The molecule has 0 amide bonds. The molecular formula is C9H13IN2O2. The van der Waals surface area contributed by atoms with Gasteiger partial charge in [-0.25, -0.2) is 4.79 Å². The zero-order chi connectivity index (χ0) is 10.7. The summed E-state index contributed by atoms with van der Waals surface area (Å²) in [5.41, 5.74) is 0.543. The largest absolute Gasteiger partial charge is 0.462 e. The summed E-state index contributed by atoms with van der Waals surface area (Å²) in [6.45, 7) is 6.22. The summed E-state index contributed by atoms with van der Waals surface area (Å²) in [5.74, 6) is -0.302. The normalized spacial score (nSPS) is 10.6. The molecule has 0 spiro atoms. The number of esters is 1. The molecule has 4 nitrogen and oxygen atoms in total. The first-order chi connectivity index (χ1) is 6.57. The van der Waals surface area contributed by atoms with Gasteiger partial charge in [0.25, 0.3) is 0 Å². The first kappa shape index (κ1) is 11.5. The van der Waals surface area contributed by atoms with Crippen molar-refractivity contribution in [3.63, 3.8) is 0 Å². The molecule has 0 atom stereocenters. The molecule has 5 heteroatoms. The van der Waals surface area contributed by atoms with E-state index in [0.29, 0.717) is 12.2 Å². The van der Waals surface area contributed by atoms with Crippen LogP contribution >= 0.6 is 22.6 Å². The van der Waals surface area contributed by atoms with Gasteiger partial charge in [-0.15, -0.1) is 0 Å². The van der Waals surface area contributed by atoms with Crippen molar-refractivity contribution < 1.29 is 9.53 Å². The van der Waals surface area contributed by atoms with Crippen molar-refractivity contribution in [3.05, 3.63) is 15.5 Å². The van der Waals surface area contributed by atoms with Crippen LogP contribution in [-0.2, 0) is 4.74 Å². The van der Waals surface area contributed by atoms with Gasteiger partial charge in [-0.05, 0) is 43.4 Å². The first-order valence-corrected chi connectivity index (χ1v) is 5.56. The highest BCUT2D eigenvalue weighted by molar-refractivity contribution is 14.1. The van der Waals surface area contributed by atoms with Crippen molar-refractivity contribution in [2.45, 2.75) is 26.8 Å². The van der Waals surface area contributed by atoms with E-state index in [0.717, 1.165) is 3.70 Å². The Morgan fingerprint density at radius 1 is 1.71 bits per heavy atom. The molecular weight excluding hydrogens is 295 g/mol. The summed E-state index contributed by atoms with van der Waals surface area (Å²) in [7, 11) is 0. The number of nitrogens with zero attached hydrogens (tertiary/aromatic N) is 2. The van der Waals surface area contributed by atoms with Crippen LogP contribution in [0.3, 0.4) is 0 Å². The van der Waals surface area contributed by atoms with Crippen molar-refractivity contribution in [1.29, 1.82) is 0 Å². The van der Waals surface area contributed by atoms with E-state index in [-0.39, 0.29) is 12.0 Å². The first-order valence-electron chi connectivity index (χ1n) is 4.48. The number of rotatable bonds is 3. The fourth-order valence-corrected chi connectivity index (χ4v) is 2.09. The van der Waals surface area contributed by atoms with Crippen LogP contribution in [0.2, 0.25) is 0 Å². The lowest BCUT2D eigenvalue weighted by Crippen LogP contribution is -2.09. The van der Waals surface area contributed by atoms with Crippen molar-refractivity contribution in [1.82, 2.24) is 9.78 Å². The third-order valence-electron chi connectivity index (χ3n) is 1.72. The van der Waals surface area contributed by atoms with Crippen molar-refractivity contribution in [2.75, 3.05) is 6.61 Å². The lowest BCUT2D eigenvalue weighted by molar-refractivity contribution is 0.0525. The number of aromatic nitrogens is 2. The zero-order valence-corrected chi connectivity index (χ0v) is 10.6. The molecule has 1 aromatic rings. The number of hydrogen-bond acceptors (Lipinski definition) is 3. The molecule has 0 N–H and O–H groups in total. The zero-order valence-electron chi connectivity index (χ0n) is 8.45. The second-order valence-corrected chi connectivity index (χ2v) is 4.13. The average molecular weight is 308 g/mol. The van der Waals surface area contributed by atoms with Gasteiger partial charge in [0, 0.05) is 6.04 Å². The number of carbonyl (C=O) groups is 1. The van der Waals surface area contributed by atoms with E-state index < -0.39 is 0 Å². The van der Waals surface area contributed by atoms with E-state index in [9.17, 15) is 4.79 Å². The Bertz CT molecular complexity index is 334. The van der Waals surface area contributed by atoms with E-state index in [2.05, 4.69) is 27.7 Å². The second kappa shape index (κ2) is 4.77. The fourth-order valence-electron chi connectivity index (χ4n) is 1.05. The minimum absolute atomic E-state index is 0.255. The maximum absolute atomic E-state index is 11.4. The molecule has 0 aliphatic heterocycles. The molecule has 0 aromatic carbocycles. The molecule has 1 rings (SSSR count). The van der Waals surface area contributed by atoms with Gasteiger partial charge in [0.05, 0.1) is 12.8 Å². The lowest BCUT2D eigenvalue weighted by atomic mass is 10.3.